The molecule has 0 saturated heterocycles. The van der Waals surface area contributed by atoms with Gasteiger partial charge in [0.2, 0.25) is 0 Å². The number of rotatable bonds is 3. The van der Waals surface area contributed by atoms with Crippen LogP contribution in [0.5, 0.6) is 0 Å². The Morgan fingerprint density at radius 3 is 2.59 bits per heavy atom. The van der Waals surface area contributed by atoms with Crippen molar-refractivity contribution < 1.29 is 9.18 Å². The van der Waals surface area contributed by atoms with Gasteiger partial charge in [-0.2, -0.15) is 0 Å². The predicted molar refractivity (Wildman–Crippen MR) is 85.2 cm³/mol. The van der Waals surface area contributed by atoms with Crippen LogP contribution in [0.25, 0.3) is 10.9 Å². The third kappa shape index (κ3) is 2.86. The minimum atomic E-state index is -0.274. The third-order valence-corrected chi connectivity index (χ3v) is 3.69. The van der Waals surface area contributed by atoms with E-state index in [1.807, 2.05) is 31.2 Å². The normalized spacial score (nSPS) is 10.9. The predicted octanol–water partition coefficient (Wildman–Crippen LogP) is 3.89. The van der Waals surface area contributed by atoms with Crippen molar-refractivity contribution in [3.63, 3.8) is 0 Å². The molecule has 1 N–H and O–H groups in total. The van der Waals surface area contributed by atoms with E-state index in [0.717, 1.165) is 22.0 Å². The summed E-state index contributed by atoms with van der Waals surface area (Å²) in [5, 5.41) is 1.02. The first-order valence-corrected chi connectivity index (χ1v) is 7.12. The molecule has 1 aromatic heterocycles. The zero-order valence-electron chi connectivity index (χ0n) is 12.6. The second kappa shape index (κ2) is 5.64. The number of carbonyl (C=O) groups excluding carboxylic acids is 1. The van der Waals surface area contributed by atoms with E-state index in [2.05, 4.69) is 4.98 Å². The number of aryl methyl sites for hydroxylation is 1. The van der Waals surface area contributed by atoms with E-state index >= 15 is 0 Å². The van der Waals surface area contributed by atoms with Gasteiger partial charge in [-0.3, -0.25) is 4.79 Å². The topological polar surface area (TPSA) is 36.1 Å². The molecule has 112 valence electrons. The Morgan fingerprint density at radius 2 is 1.86 bits per heavy atom. The van der Waals surface area contributed by atoms with Crippen molar-refractivity contribution in [1.29, 1.82) is 0 Å². The molecule has 0 unspecified atom stereocenters. The smallest absolute Gasteiger partial charge is 0.270 e. The number of H-pyrrole nitrogens is 1. The van der Waals surface area contributed by atoms with Gasteiger partial charge in [0.1, 0.15) is 11.5 Å². The van der Waals surface area contributed by atoms with Crippen LogP contribution in [-0.2, 0) is 6.54 Å². The number of nitrogens with zero attached hydrogens (tertiary/aromatic N) is 1. The van der Waals surface area contributed by atoms with Gasteiger partial charge < -0.3 is 9.88 Å². The summed E-state index contributed by atoms with van der Waals surface area (Å²) in [4.78, 5) is 17.3. The Labute approximate surface area is 128 Å². The van der Waals surface area contributed by atoms with E-state index in [4.69, 9.17) is 0 Å². The van der Waals surface area contributed by atoms with Crippen LogP contribution in [0.2, 0.25) is 0 Å². The summed E-state index contributed by atoms with van der Waals surface area (Å²) >= 11 is 0. The molecule has 0 aliphatic rings. The molecule has 4 heteroatoms. The number of aromatic amines is 1. The summed E-state index contributed by atoms with van der Waals surface area (Å²) in [6.45, 7) is 2.45. The molecule has 0 atom stereocenters. The lowest BCUT2D eigenvalue weighted by Gasteiger charge is -2.16. The van der Waals surface area contributed by atoms with Crippen LogP contribution >= 0.6 is 0 Å². The fourth-order valence-corrected chi connectivity index (χ4v) is 2.50. The molecule has 3 aromatic rings. The number of amides is 1. The number of aromatic nitrogens is 1. The number of carbonyl (C=O) groups is 1. The molecule has 1 heterocycles. The summed E-state index contributed by atoms with van der Waals surface area (Å²) in [5.41, 5.74) is 3.56. The molecule has 1 amide bonds. The highest BCUT2D eigenvalue weighted by Gasteiger charge is 2.14. The van der Waals surface area contributed by atoms with Gasteiger partial charge in [-0.1, -0.05) is 24.3 Å². The molecule has 0 saturated carbocycles. The van der Waals surface area contributed by atoms with Crippen LogP contribution in [0.4, 0.5) is 4.39 Å². The van der Waals surface area contributed by atoms with E-state index in [1.54, 1.807) is 24.1 Å². The number of hydrogen-bond acceptors (Lipinski definition) is 1. The first-order valence-electron chi connectivity index (χ1n) is 7.12. The summed E-state index contributed by atoms with van der Waals surface area (Å²) in [7, 11) is 1.74. The van der Waals surface area contributed by atoms with Gasteiger partial charge in [0, 0.05) is 24.5 Å². The van der Waals surface area contributed by atoms with Crippen molar-refractivity contribution in [2.24, 2.45) is 0 Å². The van der Waals surface area contributed by atoms with E-state index in [1.165, 1.54) is 12.1 Å². The van der Waals surface area contributed by atoms with Crippen molar-refractivity contribution >= 4 is 16.8 Å². The van der Waals surface area contributed by atoms with Crippen LogP contribution in [0.1, 0.15) is 21.6 Å². The first-order chi connectivity index (χ1) is 10.5. The fraction of sp³-hybridized carbons (Fsp3) is 0.167. The lowest BCUT2D eigenvalue weighted by atomic mass is 10.2. The van der Waals surface area contributed by atoms with Crippen molar-refractivity contribution in [2.45, 2.75) is 13.5 Å². The molecule has 2 aromatic carbocycles. The van der Waals surface area contributed by atoms with E-state index in [0.29, 0.717) is 12.2 Å². The summed E-state index contributed by atoms with van der Waals surface area (Å²) < 4.78 is 12.9. The van der Waals surface area contributed by atoms with Gasteiger partial charge in [-0.25, -0.2) is 4.39 Å². The van der Waals surface area contributed by atoms with Crippen LogP contribution in [-0.4, -0.2) is 22.8 Å². The van der Waals surface area contributed by atoms with Crippen molar-refractivity contribution in [3.05, 3.63) is 71.2 Å². The standard InChI is InChI=1S/C18H17FN2O/c1-12-3-6-14-10-17(20-16(14)9-12)18(22)21(2)11-13-4-7-15(19)8-5-13/h3-10,20H,11H2,1-2H3. The van der Waals surface area contributed by atoms with Crippen LogP contribution < -0.4 is 0 Å². The highest BCUT2D eigenvalue weighted by Crippen LogP contribution is 2.18. The Hall–Kier alpha value is -2.62. The molecule has 0 fully saturated rings. The molecule has 22 heavy (non-hydrogen) atoms. The minimum Gasteiger partial charge on any atom is -0.351 e. The van der Waals surface area contributed by atoms with Crippen LogP contribution in [0.15, 0.2) is 48.5 Å². The van der Waals surface area contributed by atoms with E-state index in [-0.39, 0.29) is 11.7 Å². The lowest BCUT2D eigenvalue weighted by Crippen LogP contribution is -2.26. The molecular formula is C18H17FN2O. The van der Waals surface area contributed by atoms with Crippen molar-refractivity contribution in [3.8, 4) is 0 Å². The molecule has 0 spiro atoms. The Kier molecular flexibility index (Phi) is 3.67. The largest absolute Gasteiger partial charge is 0.351 e. The quantitative estimate of drug-likeness (QED) is 0.782. The summed E-state index contributed by atoms with van der Waals surface area (Å²) in [5.74, 6) is -0.359. The Bertz CT molecular complexity index is 821. The average Bonchev–Trinajstić information content (AvgIpc) is 2.91. The van der Waals surface area contributed by atoms with Crippen molar-refractivity contribution in [1.82, 2.24) is 9.88 Å². The molecule has 0 aliphatic heterocycles. The van der Waals surface area contributed by atoms with Gasteiger partial charge >= 0.3 is 0 Å². The van der Waals surface area contributed by atoms with Gasteiger partial charge in [0.25, 0.3) is 5.91 Å². The highest BCUT2D eigenvalue weighted by atomic mass is 19.1. The van der Waals surface area contributed by atoms with E-state index in [9.17, 15) is 9.18 Å². The lowest BCUT2D eigenvalue weighted by molar-refractivity contribution is 0.0780. The molecular weight excluding hydrogens is 279 g/mol. The minimum absolute atomic E-state index is 0.0850. The van der Waals surface area contributed by atoms with Crippen molar-refractivity contribution in [2.75, 3.05) is 7.05 Å². The highest BCUT2D eigenvalue weighted by molar-refractivity contribution is 5.98. The van der Waals surface area contributed by atoms with Gasteiger partial charge in [0.05, 0.1) is 0 Å². The molecule has 0 bridgehead atoms. The van der Waals surface area contributed by atoms with Gasteiger partial charge in [-0.15, -0.1) is 0 Å². The summed E-state index contributed by atoms with van der Waals surface area (Å²) in [6.07, 6.45) is 0. The van der Waals surface area contributed by atoms with Crippen LogP contribution in [0.3, 0.4) is 0 Å². The Morgan fingerprint density at radius 1 is 1.14 bits per heavy atom. The van der Waals surface area contributed by atoms with Gasteiger partial charge in [0.15, 0.2) is 0 Å². The van der Waals surface area contributed by atoms with E-state index < -0.39 is 0 Å². The maximum absolute atomic E-state index is 12.9. The second-order valence-corrected chi connectivity index (χ2v) is 5.56. The zero-order chi connectivity index (χ0) is 15.7. The summed E-state index contributed by atoms with van der Waals surface area (Å²) in [6, 6.07) is 14.1. The second-order valence-electron chi connectivity index (χ2n) is 5.56. The molecule has 3 nitrogen and oxygen atoms in total. The number of benzene rings is 2. The number of hydrogen-bond donors (Lipinski definition) is 1. The average molecular weight is 296 g/mol. The monoisotopic (exact) mass is 296 g/mol. The number of fused-ring (bicyclic) bond motifs is 1. The van der Waals surface area contributed by atoms with Crippen LogP contribution in [0, 0.1) is 12.7 Å². The first kappa shape index (κ1) is 14.3. The molecule has 0 radical (unpaired) electrons. The fourth-order valence-electron chi connectivity index (χ4n) is 2.50. The SMILES string of the molecule is Cc1ccc2cc(C(=O)N(C)Cc3ccc(F)cc3)[nH]c2c1. The number of halogens is 1. The zero-order valence-corrected chi connectivity index (χ0v) is 12.6. The maximum atomic E-state index is 12.9. The molecule has 0 aliphatic carbocycles. The Balaban J connectivity index is 1.80. The number of nitrogens with one attached hydrogen (secondary N) is 1. The van der Waals surface area contributed by atoms with Gasteiger partial charge in [-0.05, 0) is 42.3 Å². The maximum Gasteiger partial charge on any atom is 0.270 e. The third-order valence-electron chi connectivity index (χ3n) is 3.69. The molecule has 3 rings (SSSR count).